The first kappa shape index (κ1) is 35.3. The van der Waals surface area contributed by atoms with Crippen LogP contribution in [0, 0.1) is 5.92 Å². The van der Waals surface area contributed by atoms with Crippen molar-refractivity contribution < 1.29 is 0 Å². The number of rotatable bonds is 5. The summed E-state index contributed by atoms with van der Waals surface area (Å²) in [4.78, 5) is 0. The van der Waals surface area contributed by atoms with Crippen LogP contribution in [0.3, 0.4) is 0 Å². The summed E-state index contributed by atoms with van der Waals surface area (Å²) in [5.74, 6) is 0.972. The molecular formula is C55H56N2. The van der Waals surface area contributed by atoms with Crippen LogP contribution in [0.5, 0.6) is 0 Å². The molecule has 0 saturated heterocycles. The van der Waals surface area contributed by atoms with Crippen molar-refractivity contribution in [3.63, 3.8) is 0 Å². The summed E-state index contributed by atoms with van der Waals surface area (Å²) in [6.07, 6.45) is 37.7. The van der Waals surface area contributed by atoms with Gasteiger partial charge in [-0.1, -0.05) is 155 Å². The lowest BCUT2D eigenvalue weighted by Gasteiger charge is -2.39. The lowest BCUT2D eigenvalue weighted by Crippen LogP contribution is -2.45. The molecular weight excluding hydrogens is 689 g/mol. The van der Waals surface area contributed by atoms with E-state index in [1.54, 1.807) is 27.8 Å². The van der Waals surface area contributed by atoms with Gasteiger partial charge in [-0.25, -0.2) is 0 Å². The molecule has 57 heavy (non-hydrogen) atoms. The topological polar surface area (TPSA) is 24.1 Å². The largest absolute Gasteiger partial charge is 0.366 e. The average molecular weight is 745 g/mol. The van der Waals surface area contributed by atoms with Crippen LogP contribution in [0.25, 0.3) is 11.1 Å². The van der Waals surface area contributed by atoms with Gasteiger partial charge in [-0.05, 0) is 147 Å². The molecule has 1 fully saturated rings. The van der Waals surface area contributed by atoms with Gasteiger partial charge in [0.25, 0.3) is 0 Å². The minimum Gasteiger partial charge on any atom is -0.366 e. The summed E-state index contributed by atoms with van der Waals surface area (Å²) >= 11 is 0. The van der Waals surface area contributed by atoms with Crippen molar-refractivity contribution in [1.29, 1.82) is 0 Å². The van der Waals surface area contributed by atoms with E-state index in [9.17, 15) is 0 Å². The minimum absolute atomic E-state index is 0.0618. The summed E-state index contributed by atoms with van der Waals surface area (Å²) in [6.45, 7) is 4.98. The normalized spacial score (nSPS) is 27.8. The molecule has 0 amide bonds. The van der Waals surface area contributed by atoms with Gasteiger partial charge in [-0.2, -0.15) is 0 Å². The molecule has 2 N–H and O–H groups in total. The van der Waals surface area contributed by atoms with Gasteiger partial charge in [0.05, 0.1) is 6.04 Å². The molecule has 4 unspecified atom stereocenters. The summed E-state index contributed by atoms with van der Waals surface area (Å²) in [5, 5.41) is 7.90. The van der Waals surface area contributed by atoms with E-state index in [0.717, 1.165) is 38.5 Å². The van der Waals surface area contributed by atoms with E-state index in [1.165, 1.54) is 82.4 Å². The van der Waals surface area contributed by atoms with Crippen LogP contribution in [-0.2, 0) is 10.8 Å². The first-order chi connectivity index (χ1) is 28.0. The van der Waals surface area contributed by atoms with Crippen LogP contribution >= 0.6 is 0 Å². The van der Waals surface area contributed by atoms with Gasteiger partial charge in [0, 0.05) is 17.0 Å². The summed E-state index contributed by atoms with van der Waals surface area (Å²) in [7, 11) is 0. The first-order valence-electron chi connectivity index (χ1n) is 22.1. The summed E-state index contributed by atoms with van der Waals surface area (Å²) in [5.41, 5.74) is 21.1. The van der Waals surface area contributed by atoms with Crippen molar-refractivity contribution in [2.75, 3.05) is 0 Å². The van der Waals surface area contributed by atoms with E-state index in [0.29, 0.717) is 11.8 Å². The zero-order valence-corrected chi connectivity index (χ0v) is 33.8. The smallest absolute Gasteiger partial charge is 0.104 e. The van der Waals surface area contributed by atoms with Gasteiger partial charge >= 0.3 is 0 Å². The van der Waals surface area contributed by atoms with E-state index < -0.39 is 0 Å². The molecule has 0 bridgehead atoms. The highest BCUT2D eigenvalue weighted by molar-refractivity contribution is 5.93. The molecule has 1 saturated carbocycles. The lowest BCUT2D eigenvalue weighted by atomic mass is 9.64. The maximum absolute atomic E-state index is 3.99. The van der Waals surface area contributed by atoms with Gasteiger partial charge in [0.15, 0.2) is 0 Å². The van der Waals surface area contributed by atoms with E-state index in [1.807, 2.05) is 0 Å². The predicted octanol–water partition coefficient (Wildman–Crippen LogP) is 13.1. The van der Waals surface area contributed by atoms with Crippen molar-refractivity contribution >= 4 is 11.1 Å². The van der Waals surface area contributed by atoms with Crippen LogP contribution in [0.1, 0.15) is 130 Å². The van der Waals surface area contributed by atoms with E-state index >= 15 is 0 Å². The maximum Gasteiger partial charge on any atom is 0.104 e. The van der Waals surface area contributed by atoms with Crippen LogP contribution in [0.4, 0.5) is 0 Å². The third-order valence-electron chi connectivity index (χ3n) is 15.3. The molecule has 1 spiro atoms. The molecule has 11 rings (SSSR count). The van der Waals surface area contributed by atoms with Gasteiger partial charge in [0.2, 0.25) is 0 Å². The molecule has 0 radical (unpaired) electrons. The number of hydrogen-bond donors (Lipinski definition) is 2. The number of nitrogens with one attached hydrogen (secondary N) is 2. The number of hydrogen-bond acceptors (Lipinski definition) is 2. The Morgan fingerprint density at radius 3 is 2.21 bits per heavy atom. The monoisotopic (exact) mass is 744 g/mol. The Morgan fingerprint density at radius 2 is 1.42 bits per heavy atom. The van der Waals surface area contributed by atoms with Gasteiger partial charge in [-0.3, -0.25) is 5.32 Å². The van der Waals surface area contributed by atoms with Crippen molar-refractivity contribution in [2.45, 2.75) is 113 Å². The predicted molar refractivity (Wildman–Crippen MR) is 237 cm³/mol. The Balaban J connectivity index is 0.923. The van der Waals surface area contributed by atoms with Gasteiger partial charge in [0.1, 0.15) is 6.17 Å². The quantitative estimate of drug-likeness (QED) is 0.272. The summed E-state index contributed by atoms with van der Waals surface area (Å²) in [6, 6.07) is 28.0. The Labute approximate surface area is 340 Å². The second-order valence-corrected chi connectivity index (χ2v) is 18.6. The molecule has 4 atom stereocenters. The fraction of sp³-hybridized carbons (Fsp3) is 0.345. The highest BCUT2D eigenvalue weighted by Gasteiger charge is 2.52. The Bertz CT molecular complexity index is 2430. The van der Waals surface area contributed by atoms with Gasteiger partial charge < -0.3 is 5.32 Å². The third kappa shape index (κ3) is 5.85. The second kappa shape index (κ2) is 13.9. The van der Waals surface area contributed by atoms with E-state index in [-0.39, 0.29) is 23.0 Å². The SMILES string of the molecule is CC1(C)c2ccccc2C2C=C3C(=CC21)C1(CCCCC1)c1ccc(C2=CC=C(C4C=C(C5=CC=C(C6=CC=CCC6)CC5)NC(c5ccccc5)N4)CC2)cc13. The molecule has 2 heteroatoms. The second-order valence-electron chi connectivity index (χ2n) is 18.6. The first-order valence-corrected chi connectivity index (χ1v) is 22.1. The average Bonchev–Trinajstić information content (AvgIpc) is 3.66. The molecule has 1 aliphatic heterocycles. The van der Waals surface area contributed by atoms with Crippen LogP contribution < -0.4 is 10.6 Å². The van der Waals surface area contributed by atoms with Crippen molar-refractivity contribution in [1.82, 2.24) is 10.6 Å². The fourth-order valence-electron chi connectivity index (χ4n) is 12.1. The van der Waals surface area contributed by atoms with E-state index in [4.69, 9.17) is 0 Å². The summed E-state index contributed by atoms with van der Waals surface area (Å²) < 4.78 is 0. The van der Waals surface area contributed by atoms with E-state index in [2.05, 4.69) is 158 Å². The standard InChI is InChI=1S/C55H56N2/c1-54(2)47-19-11-10-18-43(47)45-33-46-44-32-42(28-29-48(44)55(30-12-5-13-31-55)50(46)34-49(45)54)38-22-26-40(27-23-38)52-35-51(56-53(57-52)41-16-8-4-9-17-41)39-24-20-37(21-25-39)36-14-6-3-7-15-36/h3-4,6,8-11,14,16-20,22,24,26,28-29,32-35,45,49,52-53,56-57H,5,7,12-13,15,21,23,25,27,30-31H2,1-2H3. The van der Waals surface area contributed by atoms with Gasteiger partial charge in [-0.15, -0.1) is 0 Å². The molecule has 286 valence electrons. The minimum atomic E-state index is 0.0618. The molecule has 2 nitrogen and oxygen atoms in total. The zero-order valence-electron chi connectivity index (χ0n) is 33.8. The third-order valence-corrected chi connectivity index (χ3v) is 15.3. The van der Waals surface area contributed by atoms with Crippen LogP contribution in [0.2, 0.25) is 0 Å². The molecule has 3 aromatic carbocycles. The highest BCUT2D eigenvalue weighted by atomic mass is 15.2. The highest BCUT2D eigenvalue weighted by Crippen LogP contribution is 2.63. The number of fused-ring (bicyclic) bond motifs is 8. The van der Waals surface area contributed by atoms with Crippen molar-refractivity contribution in [3.05, 3.63) is 200 Å². The fourth-order valence-corrected chi connectivity index (χ4v) is 12.1. The van der Waals surface area contributed by atoms with Crippen molar-refractivity contribution in [2.24, 2.45) is 5.92 Å². The van der Waals surface area contributed by atoms with Crippen LogP contribution in [0.15, 0.2) is 167 Å². The lowest BCUT2D eigenvalue weighted by molar-refractivity contribution is 0.340. The number of allylic oxidation sites excluding steroid dienone is 15. The van der Waals surface area contributed by atoms with Crippen LogP contribution in [-0.4, -0.2) is 6.04 Å². The maximum atomic E-state index is 3.99. The molecule has 8 aliphatic rings. The van der Waals surface area contributed by atoms with Crippen molar-refractivity contribution in [3.8, 4) is 0 Å². The Morgan fingerprint density at radius 1 is 0.649 bits per heavy atom. The zero-order chi connectivity index (χ0) is 38.1. The Hall–Kier alpha value is -4.92. The number of benzene rings is 3. The molecule has 0 aromatic heterocycles. The molecule has 3 aromatic rings. The molecule has 7 aliphatic carbocycles. The molecule has 1 heterocycles. The Kier molecular flexibility index (Phi) is 8.58.